The van der Waals surface area contributed by atoms with Crippen LogP contribution in [0.5, 0.6) is 0 Å². The third-order valence-corrected chi connectivity index (χ3v) is 4.97. The van der Waals surface area contributed by atoms with Crippen molar-refractivity contribution in [3.63, 3.8) is 0 Å². The van der Waals surface area contributed by atoms with Crippen molar-refractivity contribution in [3.05, 3.63) is 33.8 Å². The number of nitrogens with one attached hydrogen (secondary N) is 1. The van der Waals surface area contributed by atoms with Gasteiger partial charge in [0, 0.05) is 30.7 Å². The predicted molar refractivity (Wildman–Crippen MR) is 78.7 cm³/mol. The van der Waals surface area contributed by atoms with E-state index < -0.39 is 10.0 Å². The standard InChI is InChI=1S/C12H17BrN2O3S/c1-9-4-5-10(13)8-11(9)12(16)14-6-7-19(17,18)15(2)3/h4-5,8H,6-7H2,1-3H3,(H,14,16). The molecule has 0 radical (unpaired) electrons. The lowest BCUT2D eigenvalue weighted by atomic mass is 10.1. The van der Waals surface area contributed by atoms with Crippen molar-refractivity contribution in [2.24, 2.45) is 0 Å². The van der Waals surface area contributed by atoms with E-state index in [0.717, 1.165) is 14.3 Å². The molecular weight excluding hydrogens is 332 g/mol. The number of amides is 1. The second-order valence-electron chi connectivity index (χ2n) is 4.31. The smallest absolute Gasteiger partial charge is 0.251 e. The van der Waals surface area contributed by atoms with Crippen molar-refractivity contribution in [1.29, 1.82) is 0 Å². The summed E-state index contributed by atoms with van der Waals surface area (Å²) in [6, 6.07) is 5.39. The average Bonchev–Trinajstić information content (AvgIpc) is 2.31. The van der Waals surface area contributed by atoms with Gasteiger partial charge in [-0.05, 0) is 24.6 Å². The van der Waals surface area contributed by atoms with Gasteiger partial charge in [-0.3, -0.25) is 4.79 Å². The SMILES string of the molecule is Cc1ccc(Br)cc1C(=O)NCCS(=O)(=O)N(C)C. The maximum absolute atomic E-state index is 11.9. The highest BCUT2D eigenvalue weighted by Gasteiger charge is 2.15. The van der Waals surface area contributed by atoms with Gasteiger partial charge < -0.3 is 5.32 Å². The fraction of sp³-hybridized carbons (Fsp3) is 0.417. The highest BCUT2D eigenvalue weighted by molar-refractivity contribution is 9.10. The van der Waals surface area contributed by atoms with Crippen molar-refractivity contribution in [1.82, 2.24) is 9.62 Å². The summed E-state index contributed by atoms with van der Waals surface area (Å²) in [6.45, 7) is 1.92. The molecule has 0 saturated heterocycles. The number of benzene rings is 1. The quantitative estimate of drug-likeness (QED) is 0.873. The van der Waals surface area contributed by atoms with Crippen molar-refractivity contribution < 1.29 is 13.2 Å². The lowest BCUT2D eigenvalue weighted by Gasteiger charge is -2.12. The fourth-order valence-corrected chi connectivity index (χ4v) is 2.50. The molecule has 1 rings (SSSR count). The van der Waals surface area contributed by atoms with Crippen LogP contribution >= 0.6 is 15.9 Å². The number of aryl methyl sites for hydroxylation is 1. The Labute approximate surface area is 122 Å². The molecule has 0 fully saturated rings. The van der Waals surface area contributed by atoms with E-state index in [1.165, 1.54) is 14.1 Å². The summed E-state index contributed by atoms with van der Waals surface area (Å²) in [5.41, 5.74) is 1.38. The van der Waals surface area contributed by atoms with Gasteiger partial charge in [-0.25, -0.2) is 12.7 Å². The molecule has 0 aliphatic heterocycles. The number of halogens is 1. The van der Waals surface area contributed by atoms with Crippen molar-refractivity contribution in [3.8, 4) is 0 Å². The molecule has 106 valence electrons. The van der Waals surface area contributed by atoms with Crippen LogP contribution in [0.15, 0.2) is 22.7 Å². The van der Waals surface area contributed by atoms with E-state index in [2.05, 4.69) is 21.2 Å². The molecule has 7 heteroatoms. The number of rotatable bonds is 5. The predicted octanol–water partition coefficient (Wildman–Crippen LogP) is 1.38. The second kappa shape index (κ2) is 6.49. The number of hydrogen-bond acceptors (Lipinski definition) is 3. The Morgan fingerprint density at radius 2 is 2.00 bits per heavy atom. The summed E-state index contributed by atoms with van der Waals surface area (Å²) in [5, 5.41) is 2.61. The Morgan fingerprint density at radius 3 is 2.58 bits per heavy atom. The van der Waals surface area contributed by atoms with E-state index in [0.29, 0.717) is 5.56 Å². The van der Waals surface area contributed by atoms with E-state index in [1.807, 2.05) is 19.1 Å². The molecule has 0 bridgehead atoms. The van der Waals surface area contributed by atoms with Crippen LogP contribution in [0.2, 0.25) is 0 Å². The van der Waals surface area contributed by atoms with E-state index >= 15 is 0 Å². The summed E-state index contributed by atoms with van der Waals surface area (Å²) in [7, 11) is -0.349. The van der Waals surface area contributed by atoms with Crippen molar-refractivity contribution >= 4 is 31.9 Å². The van der Waals surface area contributed by atoms with Crippen LogP contribution in [0.1, 0.15) is 15.9 Å². The van der Waals surface area contributed by atoms with Crippen LogP contribution in [0, 0.1) is 6.92 Å². The molecule has 0 spiro atoms. The van der Waals surface area contributed by atoms with Crippen molar-refractivity contribution in [2.75, 3.05) is 26.4 Å². The number of hydrogen-bond donors (Lipinski definition) is 1. The van der Waals surface area contributed by atoms with Crippen LogP contribution in [0.25, 0.3) is 0 Å². The first-order chi connectivity index (χ1) is 8.74. The molecule has 0 aromatic heterocycles. The lowest BCUT2D eigenvalue weighted by molar-refractivity contribution is 0.0955. The summed E-state index contributed by atoms with van der Waals surface area (Å²) in [6.07, 6.45) is 0. The van der Waals surface area contributed by atoms with Gasteiger partial charge in [0.1, 0.15) is 0 Å². The molecular formula is C12H17BrN2O3S. The highest BCUT2D eigenvalue weighted by atomic mass is 79.9. The zero-order valence-corrected chi connectivity index (χ0v) is 13.5. The molecule has 19 heavy (non-hydrogen) atoms. The Kier molecular flexibility index (Phi) is 5.51. The Morgan fingerprint density at radius 1 is 1.37 bits per heavy atom. The van der Waals surface area contributed by atoms with E-state index in [9.17, 15) is 13.2 Å². The molecule has 0 atom stereocenters. The summed E-state index contributed by atoms with van der Waals surface area (Å²) < 4.78 is 25.0. The van der Waals surface area contributed by atoms with Gasteiger partial charge in [0.2, 0.25) is 10.0 Å². The number of carbonyl (C=O) groups is 1. The lowest BCUT2D eigenvalue weighted by Crippen LogP contribution is -2.34. The molecule has 0 unspecified atom stereocenters. The molecule has 5 nitrogen and oxygen atoms in total. The third-order valence-electron chi connectivity index (χ3n) is 2.65. The first kappa shape index (κ1) is 16.1. The van der Waals surface area contributed by atoms with Gasteiger partial charge in [0.05, 0.1) is 5.75 Å². The largest absolute Gasteiger partial charge is 0.351 e. The van der Waals surface area contributed by atoms with Crippen LogP contribution in [-0.2, 0) is 10.0 Å². The molecule has 1 aromatic carbocycles. The zero-order valence-electron chi connectivity index (χ0n) is 11.1. The summed E-state index contributed by atoms with van der Waals surface area (Å²) in [5.74, 6) is -0.383. The normalized spacial score (nSPS) is 11.6. The first-order valence-electron chi connectivity index (χ1n) is 5.68. The van der Waals surface area contributed by atoms with Gasteiger partial charge in [0.25, 0.3) is 5.91 Å². The minimum atomic E-state index is -3.28. The van der Waals surface area contributed by atoms with E-state index in [-0.39, 0.29) is 18.2 Å². The number of sulfonamides is 1. The Bertz CT molecular complexity index is 570. The minimum absolute atomic E-state index is 0.0886. The fourth-order valence-electron chi connectivity index (χ4n) is 1.41. The number of carbonyl (C=O) groups excluding carboxylic acids is 1. The second-order valence-corrected chi connectivity index (χ2v) is 7.53. The molecule has 0 aliphatic carbocycles. The molecule has 0 heterocycles. The molecule has 1 aromatic rings. The minimum Gasteiger partial charge on any atom is -0.351 e. The maximum Gasteiger partial charge on any atom is 0.251 e. The molecule has 1 amide bonds. The zero-order chi connectivity index (χ0) is 14.6. The number of nitrogens with zero attached hydrogens (tertiary/aromatic N) is 1. The van der Waals surface area contributed by atoms with E-state index in [1.54, 1.807) is 6.07 Å². The third kappa shape index (κ3) is 4.59. The van der Waals surface area contributed by atoms with Gasteiger partial charge in [-0.2, -0.15) is 0 Å². The van der Waals surface area contributed by atoms with Gasteiger partial charge in [-0.15, -0.1) is 0 Å². The highest BCUT2D eigenvalue weighted by Crippen LogP contribution is 2.15. The molecule has 0 aliphatic rings. The van der Waals surface area contributed by atoms with Crippen molar-refractivity contribution in [2.45, 2.75) is 6.92 Å². The van der Waals surface area contributed by atoms with Crippen LogP contribution in [0.3, 0.4) is 0 Å². The van der Waals surface area contributed by atoms with E-state index in [4.69, 9.17) is 0 Å². The Balaban J connectivity index is 2.64. The molecule has 1 N–H and O–H groups in total. The average molecular weight is 349 g/mol. The summed E-state index contributed by atoms with van der Waals surface area (Å²) in [4.78, 5) is 11.9. The topological polar surface area (TPSA) is 66.5 Å². The Hall–Kier alpha value is -0.920. The first-order valence-corrected chi connectivity index (χ1v) is 8.09. The molecule has 0 saturated carbocycles. The monoisotopic (exact) mass is 348 g/mol. The van der Waals surface area contributed by atoms with Crippen LogP contribution in [-0.4, -0.2) is 45.0 Å². The van der Waals surface area contributed by atoms with Gasteiger partial charge in [0.15, 0.2) is 0 Å². The van der Waals surface area contributed by atoms with Crippen LogP contribution < -0.4 is 5.32 Å². The van der Waals surface area contributed by atoms with Gasteiger partial charge in [-0.1, -0.05) is 22.0 Å². The summed E-state index contributed by atoms with van der Waals surface area (Å²) >= 11 is 3.30. The maximum atomic E-state index is 11.9. The van der Waals surface area contributed by atoms with Gasteiger partial charge >= 0.3 is 0 Å². The van der Waals surface area contributed by atoms with Crippen LogP contribution in [0.4, 0.5) is 0 Å².